The van der Waals surface area contributed by atoms with E-state index in [0.717, 1.165) is 11.4 Å². The van der Waals surface area contributed by atoms with Crippen molar-refractivity contribution in [2.24, 2.45) is 0 Å². The minimum Gasteiger partial charge on any atom is -0.410 e. The topological polar surface area (TPSA) is 59.1 Å². The molecule has 0 aromatic heterocycles. The van der Waals surface area contributed by atoms with Gasteiger partial charge in [-0.3, -0.25) is 8.97 Å². The van der Waals surface area contributed by atoms with Crippen LogP contribution in [-0.2, 0) is 0 Å². The third-order valence-electron chi connectivity index (χ3n) is 4.33. The maximum absolute atomic E-state index is 11.4. The molecule has 0 saturated heterocycles. The van der Waals surface area contributed by atoms with Crippen LogP contribution in [0.2, 0.25) is 0 Å². The normalized spacial score (nSPS) is 11.1. The van der Waals surface area contributed by atoms with Crippen LogP contribution >= 0.6 is 0 Å². The molecule has 0 unspecified atom stereocenters. The summed E-state index contributed by atoms with van der Waals surface area (Å²) in [5.74, 6) is 1.15. The smallest absolute Gasteiger partial charge is 0.410 e. The van der Waals surface area contributed by atoms with Crippen LogP contribution in [0.5, 0.6) is 11.5 Å². The molecule has 2 aromatic carbocycles. The number of hydrogen-bond donors (Lipinski definition) is 0. The highest BCUT2D eigenvalue weighted by atomic mass is 16.6. The highest BCUT2D eigenvalue weighted by Crippen LogP contribution is 2.24. The van der Waals surface area contributed by atoms with Crippen LogP contribution in [0.4, 0.5) is 21.0 Å². The van der Waals surface area contributed by atoms with Crippen molar-refractivity contribution in [3.05, 3.63) is 48.5 Å². The first-order chi connectivity index (χ1) is 14.6. The summed E-state index contributed by atoms with van der Waals surface area (Å²) in [5.41, 5.74) is 2.17. The number of carbonyl (C=O) groups excluding carboxylic acids is 2. The van der Waals surface area contributed by atoms with Crippen molar-refractivity contribution in [3.8, 4) is 11.5 Å². The summed E-state index contributed by atoms with van der Waals surface area (Å²) in [4.78, 5) is 25.5. The number of benzene rings is 2. The van der Waals surface area contributed by atoms with Gasteiger partial charge in [-0.05, 0) is 24.3 Å². The van der Waals surface area contributed by atoms with Gasteiger partial charge in [-0.2, -0.15) is 0 Å². The fraction of sp³-hybridized carbons (Fsp3) is 0.417. The molecule has 0 bridgehead atoms. The molecular formula is C24H38N4O4+2. The van der Waals surface area contributed by atoms with Crippen LogP contribution in [0.1, 0.15) is 0 Å². The van der Waals surface area contributed by atoms with Gasteiger partial charge in [-0.25, -0.2) is 9.59 Å². The Bertz CT molecular complexity index is 837. The highest BCUT2D eigenvalue weighted by Gasteiger charge is 2.15. The second-order valence-electron chi connectivity index (χ2n) is 9.54. The van der Waals surface area contributed by atoms with E-state index in [-0.39, 0.29) is 12.2 Å². The second kappa shape index (κ2) is 11.0. The van der Waals surface area contributed by atoms with Gasteiger partial charge >= 0.3 is 12.2 Å². The van der Waals surface area contributed by atoms with E-state index in [4.69, 9.17) is 9.47 Å². The van der Waals surface area contributed by atoms with Crippen molar-refractivity contribution >= 4 is 23.6 Å². The Morgan fingerprint density at radius 1 is 0.625 bits per heavy atom. The van der Waals surface area contributed by atoms with E-state index in [1.807, 2.05) is 36.4 Å². The second-order valence-corrected chi connectivity index (χ2v) is 9.54. The van der Waals surface area contributed by atoms with Crippen molar-refractivity contribution in [3.63, 3.8) is 0 Å². The van der Waals surface area contributed by atoms with E-state index in [2.05, 4.69) is 42.3 Å². The maximum Gasteiger partial charge on any atom is 0.414 e. The largest absolute Gasteiger partial charge is 0.414 e. The zero-order valence-corrected chi connectivity index (χ0v) is 21.0. The number of rotatable bonds is 4. The predicted molar refractivity (Wildman–Crippen MR) is 131 cm³/mol. The first kappa shape index (κ1) is 26.9. The summed E-state index contributed by atoms with van der Waals surface area (Å²) in [6.45, 7) is 0. The standard InChI is InChI=1S/2C12H19N2O2/c2*1-13(2)12(15)16-11-8-6-7-10(9-11)14(3,4)5/h2*6-9H,1-5H3/q2*+1. The average molecular weight is 447 g/mol. The van der Waals surface area contributed by atoms with E-state index >= 15 is 0 Å². The molecule has 0 heterocycles. The average Bonchev–Trinajstić information content (AvgIpc) is 2.67. The van der Waals surface area contributed by atoms with Crippen LogP contribution in [-0.4, -0.2) is 92.5 Å². The van der Waals surface area contributed by atoms with Crippen molar-refractivity contribution in [1.82, 2.24) is 18.8 Å². The van der Waals surface area contributed by atoms with Crippen LogP contribution in [0.3, 0.4) is 0 Å². The lowest BCUT2D eigenvalue weighted by molar-refractivity contribution is 0.171. The van der Waals surface area contributed by atoms with Gasteiger partial charge in [0.05, 0.1) is 42.3 Å². The lowest BCUT2D eigenvalue weighted by atomic mass is 10.2. The quantitative estimate of drug-likeness (QED) is 0.669. The molecular weight excluding hydrogens is 408 g/mol. The Morgan fingerprint density at radius 3 is 1.19 bits per heavy atom. The van der Waals surface area contributed by atoms with Gasteiger partial charge in [-0.15, -0.1) is 0 Å². The van der Waals surface area contributed by atoms with E-state index in [9.17, 15) is 9.59 Å². The Balaban J connectivity index is 0.000000320. The third-order valence-corrected chi connectivity index (χ3v) is 4.33. The number of hydrogen-bond acceptors (Lipinski definition) is 4. The molecule has 0 saturated carbocycles. The first-order valence-electron chi connectivity index (χ1n) is 10.2. The van der Waals surface area contributed by atoms with E-state index < -0.39 is 0 Å². The molecule has 2 amide bonds. The summed E-state index contributed by atoms with van der Waals surface area (Å²) in [7, 11) is 19.0. The lowest BCUT2D eigenvalue weighted by Gasteiger charge is -2.23. The molecule has 2 rings (SSSR count). The minimum absolute atomic E-state index is 0.362. The number of ether oxygens (including phenoxy) is 2. The summed E-state index contributed by atoms with van der Waals surface area (Å²) >= 11 is 0. The SMILES string of the molecule is CN(C)C(=O)Oc1cccc([N+](C)(C)C)c1.CN(C)C(=O)Oc1cccc([N+](C)(C)C)c1. The van der Waals surface area contributed by atoms with Crippen LogP contribution in [0.15, 0.2) is 48.5 Å². The summed E-state index contributed by atoms with van der Waals surface area (Å²) in [6, 6.07) is 15.1. The Kier molecular flexibility index (Phi) is 9.23. The molecule has 0 aliphatic rings. The highest BCUT2D eigenvalue weighted by molar-refractivity contribution is 5.71. The Morgan fingerprint density at radius 2 is 0.938 bits per heavy atom. The molecule has 2 aromatic rings. The molecule has 8 heteroatoms. The van der Waals surface area contributed by atoms with Crippen LogP contribution in [0, 0.1) is 0 Å². The predicted octanol–water partition coefficient (Wildman–Crippen LogP) is 3.89. The molecule has 0 N–H and O–H groups in total. The monoisotopic (exact) mass is 446 g/mol. The zero-order valence-electron chi connectivity index (χ0n) is 21.0. The molecule has 0 spiro atoms. The Labute approximate surface area is 192 Å². The molecule has 0 atom stereocenters. The lowest BCUT2D eigenvalue weighted by Crippen LogP contribution is -2.34. The summed E-state index contributed by atoms with van der Waals surface area (Å²) < 4.78 is 11.8. The number of carbonyl (C=O) groups is 2. The molecule has 0 aliphatic heterocycles. The van der Waals surface area contributed by atoms with Gasteiger partial charge in [0.15, 0.2) is 0 Å². The molecule has 176 valence electrons. The maximum atomic E-state index is 11.4. The molecule has 0 radical (unpaired) electrons. The molecule has 0 fully saturated rings. The molecule has 0 aliphatic carbocycles. The zero-order chi connectivity index (χ0) is 24.7. The van der Waals surface area contributed by atoms with Gasteiger partial charge in [0, 0.05) is 40.3 Å². The summed E-state index contributed by atoms with van der Waals surface area (Å²) in [6.07, 6.45) is -0.725. The van der Waals surface area contributed by atoms with Gasteiger partial charge < -0.3 is 19.3 Å². The van der Waals surface area contributed by atoms with Gasteiger partial charge in [0.25, 0.3) is 0 Å². The van der Waals surface area contributed by atoms with Crippen molar-refractivity contribution in [2.75, 3.05) is 70.5 Å². The van der Waals surface area contributed by atoms with Gasteiger partial charge in [-0.1, -0.05) is 12.1 Å². The van der Waals surface area contributed by atoms with Crippen molar-refractivity contribution < 1.29 is 19.1 Å². The minimum atomic E-state index is -0.362. The number of amides is 2. The first-order valence-corrected chi connectivity index (χ1v) is 10.2. The third kappa shape index (κ3) is 8.95. The molecule has 32 heavy (non-hydrogen) atoms. The van der Waals surface area contributed by atoms with Crippen LogP contribution in [0.25, 0.3) is 0 Å². The fourth-order valence-electron chi connectivity index (χ4n) is 2.31. The Hall–Kier alpha value is -3.10. The van der Waals surface area contributed by atoms with E-state index in [1.54, 1.807) is 40.3 Å². The number of nitrogens with zero attached hydrogens (tertiary/aromatic N) is 4. The fourth-order valence-corrected chi connectivity index (χ4v) is 2.31. The summed E-state index contributed by atoms with van der Waals surface area (Å²) in [5, 5.41) is 0. The van der Waals surface area contributed by atoms with Crippen molar-refractivity contribution in [2.45, 2.75) is 0 Å². The van der Waals surface area contributed by atoms with Gasteiger partial charge in [0.1, 0.15) is 22.9 Å². The van der Waals surface area contributed by atoms with E-state index in [0.29, 0.717) is 20.5 Å². The van der Waals surface area contributed by atoms with Gasteiger partial charge in [0.2, 0.25) is 0 Å². The van der Waals surface area contributed by atoms with Crippen LogP contribution < -0.4 is 18.4 Å². The van der Waals surface area contributed by atoms with E-state index in [1.165, 1.54) is 9.80 Å². The van der Waals surface area contributed by atoms with Crippen molar-refractivity contribution in [1.29, 1.82) is 0 Å². The number of quaternary nitrogens is 2. The molecule has 8 nitrogen and oxygen atoms in total.